The van der Waals surface area contributed by atoms with Gasteiger partial charge in [0, 0.05) is 31.1 Å². The van der Waals surface area contributed by atoms with Crippen LogP contribution in [0.4, 0.5) is 0 Å². The predicted molar refractivity (Wildman–Crippen MR) is 66.2 cm³/mol. The SMILES string of the molecule is NC1(Cc2nc(C3CCOCC3)no2)CCCC1. The van der Waals surface area contributed by atoms with Crippen molar-refractivity contribution in [2.75, 3.05) is 13.2 Å². The average molecular weight is 251 g/mol. The minimum atomic E-state index is -0.112. The molecule has 3 rings (SSSR count). The van der Waals surface area contributed by atoms with Gasteiger partial charge in [-0.2, -0.15) is 4.98 Å². The maximum absolute atomic E-state index is 6.33. The molecule has 1 aromatic rings. The Morgan fingerprint density at radius 3 is 2.67 bits per heavy atom. The zero-order valence-electron chi connectivity index (χ0n) is 10.7. The summed E-state index contributed by atoms with van der Waals surface area (Å²) in [7, 11) is 0. The third-order valence-electron chi connectivity index (χ3n) is 4.17. The number of ether oxygens (including phenoxy) is 1. The molecule has 18 heavy (non-hydrogen) atoms. The van der Waals surface area contributed by atoms with Gasteiger partial charge in [-0.05, 0) is 25.7 Å². The van der Waals surface area contributed by atoms with Crippen molar-refractivity contribution in [3.05, 3.63) is 11.7 Å². The van der Waals surface area contributed by atoms with Gasteiger partial charge in [-0.15, -0.1) is 0 Å². The highest BCUT2D eigenvalue weighted by Gasteiger charge is 2.32. The quantitative estimate of drug-likeness (QED) is 0.886. The normalized spacial score (nSPS) is 24.5. The van der Waals surface area contributed by atoms with E-state index in [0.29, 0.717) is 11.8 Å². The first-order valence-corrected chi connectivity index (χ1v) is 6.94. The summed E-state index contributed by atoms with van der Waals surface area (Å²) in [6.07, 6.45) is 7.29. The Kier molecular flexibility index (Phi) is 3.35. The summed E-state index contributed by atoms with van der Waals surface area (Å²) >= 11 is 0. The van der Waals surface area contributed by atoms with Crippen LogP contribution >= 0.6 is 0 Å². The topological polar surface area (TPSA) is 74.2 Å². The highest BCUT2D eigenvalue weighted by molar-refractivity contribution is 5.01. The fourth-order valence-electron chi connectivity index (χ4n) is 3.02. The van der Waals surface area contributed by atoms with Gasteiger partial charge in [0.05, 0.1) is 0 Å². The molecular formula is C13H21N3O2. The van der Waals surface area contributed by atoms with Gasteiger partial charge >= 0.3 is 0 Å². The molecule has 2 N–H and O–H groups in total. The summed E-state index contributed by atoms with van der Waals surface area (Å²) in [4.78, 5) is 4.53. The number of nitrogens with two attached hydrogens (primary N) is 1. The molecule has 100 valence electrons. The van der Waals surface area contributed by atoms with Gasteiger partial charge < -0.3 is 15.0 Å². The van der Waals surface area contributed by atoms with E-state index >= 15 is 0 Å². The largest absolute Gasteiger partial charge is 0.381 e. The zero-order chi connectivity index (χ0) is 12.4. The van der Waals surface area contributed by atoms with Gasteiger partial charge in [0.25, 0.3) is 0 Å². The van der Waals surface area contributed by atoms with Crippen molar-refractivity contribution in [3.8, 4) is 0 Å². The first-order chi connectivity index (χ1) is 8.75. The van der Waals surface area contributed by atoms with Crippen LogP contribution in [0.5, 0.6) is 0 Å². The number of rotatable bonds is 3. The molecule has 5 heteroatoms. The third-order valence-corrected chi connectivity index (χ3v) is 4.17. The van der Waals surface area contributed by atoms with Crippen LogP contribution in [0.25, 0.3) is 0 Å². The molecule has 1 aliphatic carbocycles. The smallest absolute Gasteiger partial charge is 0.228 e. The Balaban J connectivity index is 1.65. The average Bonchev–Trinajstić information content (AvgIpc) is 3.00. The molecule has 0 aromatic carbocycles. The number of hydrogen-bond acceptors (Lipinski definition) is 5. The maximum Gasteiger partial charge on any atom is 0.228 e. The minimum absolute atomic E-state index is 0.112. The van der Waals surface area contributed by atoms with E-state index in [4.69, 9.17) is 15.0 Å². The molecule has 2 aliphatic rings. The van der Waals surface area contributed by atoms with Crippen LogP contribution in [0.1, 0.15) is 56.2 Å². The lowest BCUT2D eigenvalue weighted by Crippen LogP contribution is -2.38. The second kappa shape index (κ2) is 4.97. The van der Waals surface area contributed by atoms with Gasteiger partial charge in [-0.25, -0.2) is 0 Å². The fraction of sp³-hybridized carbons (Fsp3) is 0.846. The lowest BCUT2D eigenvalue weighted by molar-refractivity contribution is 0.0830. The maximum atomic E-state index is 6.33. The molecule has 0 unspecified atom stereocenters. The van der Waals surface area contributed by atoms with Crippen LogP contribution in [0.2, 0.25) is 0 Å². The van der Waals surface area contributed by atoms with E-state index in [2.05, 4.69) is 10.1 Å². The van der Waals surface area contributed by atoms with Crippen LogP contribution in [0, 0.1) is 0 Å². The summed E-state index contributed by atoms with van der Waals surface area (Å²) in [6, 6.07) is 0. The van der Waals surface area contributed by atoms with Crippen LogP contribution in [-0.2, 0) is 11.2 Å². The van der Waals surface area contributed by atoms with E-state index in [9.17, 15) is 0 Å². The molecular weight excluding hydrogens is 230 g/mol. The molecule has 0 atom stereocenters. The Labute approximate surface area is 107 Å². The summed E-state index contributed by atoms with van der Waals surface area (Å²) in [5, 5.41) is 4.12. The van der Waals surface area contributed by atoms with Gasteiger partial charge in [0.15, 0.2) is 5.82 Å². The molecule has 5 nitrogen and oxygen atoms in total. The van der Waals surface area contributed by atoms with Crippen LogP contribution < -0.4 is 5.73 Å². The monoisotopic (exact) mass is 251 g/mol. The van der Waals surface area contributed by atoms with Crippen molar-refractivity contribution in [1.82, 2.24) is 10.1 Å². The lowest BCUT2D eigenvalue weighted by Gasteiger charge is -2.20. The standard InChI is InChI=1S/C13H21N3O2/c14-13(5-1-2-6-13)9-11-15-12(16-18-11)10-3-7-17-8-4-10/h10H,1-9,14H2. The summed E-state index contributed by atoms with van der Waals surface area (Å²) in [5.41, 5.74) is 6.22. The van der Waals surface area contributed by atoms with Crippen molar-refractivity contribution in [3.63, 3.8) is 0 Å². The Morgan fingerprint density at radius 2 is 1.94 bits per heavy atom. The number of aromatic nitrogens is 2. The Morgan fingerprint density at radius 1 is 1.22 bits per heavy atom. The molecule has 1 saturated heterocycles. The minimum Gasteiger partial charge on any atom is -0.381 e. The predicted octanol–water partition coefficient (Wildman–Crippen LogP) is 1.78. The highest BCUT2D eigenvalue weighted by atomic mass is 16.5. The number of hydrogen-bond donors (Lipinski definition) is 1. The Bertz CT molecular complexity index is 393. The van der Waals surface area contributed by atoms with Gasteiger partial charge in [-0.1, -0.05) is 18.0 Å². The zero-order valence-corrected chi connectivity index (χ0v) is 10.7. The molecule has 0 amide bonds. The van der Waals surface area contributed by atoms with Crippen LogP contribution in [0.15, 0.2) is 4.52 Å². The van der Waals surface area contributed by atoms with Crippen molar-refractivity contribution in [2.24, 2.45) is 5.73 Å². The summed E-state index contributed by atoms with van der Waals surface area (Å²) < 4.78 is 10.7. The molecule has 0 bridgehead atoms. The van der Waals surface area contributed by atoms with Crippen molar-refractivity contribution >= 4 is 0 Å². The first-order valence-electron chi connectivity index (χ1n) is 6.94. The van der Waals surface area contributed by atoms with E-state index < -0.39 is 0 Å². The molecule has 2 fully saturated rings. The van der Waals surface area contributed by atoms with Crippen molar-refractivity contribution < 1.29 is 9.26 Å². The Hall–Kier alpha value is -0.940. The molecule has 1 aromatic heterocycles. The summed E-state index contributed by atoms with van der Waals surface area (Å²) in [5.74, 6) is 1.95. The molecule has 2 heterocycles. The van der Waals surface area contributed by atoms with Gasteiger partial charge in [0.2, 0.25) is 5.89 Å². The lowest BCUT2D eigenvalue weighted by atomic mass is 9.95. The molecule has 0 radical (unpaired) electrons. The van der Waals surface area contributed by atoms with E-state index in [1.54, 1.807) is 0 Å². The molecule has 1 aliphatic heterocycles. The number of nitrogens with zero attached hydrogens (tertiary/aromatic N) is 2. The van der Waals surface area contributed by atoms with E-state index in [-0.39, 0.29) is 5.54 Å². The molecule has 0 spiro atoms. The van der Waals surface area contributed by atoms with E-state index in [1.165, 1.54) is 12.8 Å². The van der Waals surface area contributed by atoms with Gasteiger partial charge in [0.1, 0.15) is 0 Å². The van der Waals surface area contributed by atoms with E-state index in [0.717, 1.165) is 51.1 Å². The van der Waals surface area contributed by atoms with E-state index in [1.807, 2.05) is 0 Å². The summed E-state index contributed by atoms with van der Waals surface area (Å²) in [6.45, 7) is 1.60. The highest BCUT2D eigenvalue weighted by Crippen LogP contribution is 2.31. The van der Waals surface area contributed by atoms with Crippen LogP contribution in [0.3, 0.4) is 0 Å². The van der Waals surface area contributed by atoms with Crippen molar-refractivity contribution in [1.29, 1.82) is 0 Å². The second-order valence-corrected chi connectivity index (χ2v) is 5.68. The van der Waals surface area contributed by atoms with Gasteiger partial charge in [-0.3, -0.25) is 0 Å². The molecule has 1 saturated carbocycles. The first kappa shape index (κ1) is 12.1. The third kappa shape index (κ3) is 2.57. The van der Waals surface area contributed by atoms with Crippen LogP contribution in [-0.4, -0.2) is 28.9 Å². The fourth-order valence-corrected chi connectivity index (χ4v) is 3.02. The second-order valence-electron chi connectivity index (χ2n) is 5.68. The van der Waals surface area contributed by atoms with Crippen molar-refractivity contribution in [2.45, 2.75) is 56.4 Å².